The highest BCUT2D eigenvalue weighted by atomic mass is 35.5. The summed E-state index contributed by atoms with van der Waals surface area (Å²) in [6.07, 6.45) is 1.04. The largest absolute Gasteiger partial charge is 0.325 e. The predicted molar refractivity (Wildman–Crippen MR) is 119 cm³/mol. The van der Waals surface area contributed by atoms with Crippen molar-refractivity contribution in [3.8, 4) is 0 Å². The van der Waals surface area contributed by atoms with E-state index >= 15 is 0 Å². The van der Waals surface area contributed by atoms with Crippen molar-refractivity contribution in [2.24, 2.45) is 7.05 Å². The second-order valence-corrected chi connectivity index (χ2v) is 8.07. The third-order valence-corrected chi connectivity index (χ3v) is 5.76. The molecule has 0 aliphatic rings. The Bertz CT molecular complexity index is 1120. The van der Waals surface area contributed by atoms with Crippen molar-refractivity contribution in [2.75, 3.05) is 11.1 Å². The van der Waals surface area contributed by atoms with Crippen molar-refractivity contribution in [3.63, 3.8) is 0 Å². The Morgan fingerprint density at radius 2 is 1.97 bits per heavy atom. The highest BCUT2D eigenvalue weighted by Gasteiger charge is 2.16. The zero-order valence-electron chi connectivity index (χ0n) is 16.6. The Labute approximate surface area is 183 Å². The zero-order valence-corrected chi connectivity index (χ0v) is 18.2. The molecule has 0 saturated carbocycles. The second-order valence-electron chi connectivity index (χ2n) is 6.69. The zero-order chi connectivity index (χ0) is 21.7. The number of benzene rings is 2. The Morgan fingerprint density at radius 3 is 2.63 bits per heavy atom. The highest BCUT2D eigenvalue weighted by Crippen LogP contribution is 2.19. The summed E-state index contributed by atoms with van der Waals surface area (Å²) >= 11 is 7.24. The minimum Gasteiger partial charge on any atom is -0.325 e. The maximum absolute atomic E-state index is 13.0. The van der Waals surface area contributed by atoms with E-state index in [1.807, 2.05) is 25.1 Å². The van der Waals surface area contributed by atoms with E-state index in [9.17, 15) is 14.0 Å². The molecular formula is C22H21ClFN3O2S. The van der Waals surface area contributed by atoms with Crippen LogP contribution in [-0.4, -0.2) is 21.2 Å². The first kappa shape index (κ1) is 22.1. The second kappa shape index (κ2) is 9.91. The van der Waals surface area contributed by atoms with E-state index < -0.39 is 0 Å². The summed E-state index contributed by atoms with van der Waals surface area (Å²) in [4.78, 5) is 29.8. The number of hydrogen-bond acceptors (Lipinski definition) is 4. The van der Waals surface area contributed by atoms with Gasteiger partial charge in [0.1, 0.15) is 5.82 Å². The van der Waals surface area contributed by atoms with Gasteiger partial charge in [-0.1, -0.05) is 42.4 Å². The SMILES string of the molecule is CCc1nc(SCC(=O)Nc2ccc(F)cc2)n(C)c(=O)c1Cc1cccc(Cl)c1. The molecule has 0 unspecified atom stereocenters. The average Bonchev–Trinajstić information content (AvgIpc) is 2.72. The van der Waals surface area contributed by atoms with Gasteiger partial charge in [-0.3, -0.25) is 14.2 Å². The predicted octanol–water partition coefficient (Wildman–Crippen LogP) is 4.46. The molecule has 2 aromatic carbocycles. The van der Waals surface area contributed by atoms with Crippen LogP contribution in [0.5, 0.6) is 0 Å². The van der Waals surface area contributed by atoms with Crippen LogP contribution in [0.1, 0.15) is 23.7 Å². The fourth-order valence-electron chi connectivity index (χ4n) is 2.98. The van der Waals surface area contributed by atoms with Crippen LogP contribution in [-0.2, 0) is 24.7 Å². The first-order valence-corrected chi connectivity index (χ1v) is 10.7. The molecule has 0 atom stereocenters. The summed E-state index contributed by atoms with van der Waals surface area (Å²) in [5.41, 5.74) is 2.65. The Balaban J connectivity index is 1.75. The smallest absolute Gasteiger partial charge is 0.257 e. The maximum atomic E-state index is 13.0. The molecule has 0 aliphatic heterocycles. The minimum atomic E-state index is -0.369. The topological polar surface area (TPSA) is 64.0 Å². The van der Waals surface area contributed by atoms with Crippen LogP contribution in [0, 0.1) is 5.82 Å². The molecule has 0 fully saturated rings. The summed E-state index contributed by atoms with van der Waals surface area (Å²) in [6.45, 7) is 1.94. The van der Waals surface area contributed by atoms with Gasteiger partial charge in [0, 0.05) is 29.7 Å². The van der Waals surface area contributed by atoms with Gasteiger partial charge in [0.15, 0.2) is 5.16 Å². The van der Waals surface area contributed by atoms with E-state index in [4.69, 9.17) is 11.6 Å². The van der Waals surface area contributed by atoms with Gasteiger partial charge in [-0.15, -0.1) is 0 Å². The lowest BCUT2D eigenvalue weighted by molar-refractivity contribution is -0.113. The average molecular weight is 446 g/mol. The number of halogens is 2. The first-order chi connectivity index (χ1) is 14.4. The van der Waals surface area contributed by atoms with Crippen LogP contribution in [0.2, 0.25) is 5.02 Å². The van der Waals surface area contributed by atoms with E-state index in [-0.39, 0.29) is 23.0 Å². The van der Waals surface area contributed by atoms with E-state index in [2.05, 4.69) is 10.3 Å². The molecular weight excluding hydrogens is 425 g/mol. The van der Waals surface area contributed by atoms with Crippen molar-refractivity contribution in [2.45, 2.75) is 24.9 Å². The van der Waals surface area contributed by atoms with Gasteiger partial charge in [0.05, 0.1) is 11.4 Å². The number of aryl methyl sites for hydroxylation is 1. The summed E-state index contributed by atoms with van der Waals surface area (Å²) in [7, 11) is 1.65. The van der Waals surface area contributed by atoms with Crippen LogP contribution in [0.3, 0.4) is 0 Å². The number of aromatic nitrogens is 2. The summed E-state index contributed by atoms with van der Waals surface area (Å²) in [6, 6.07) is 12.9. The number of nitrogens with one attached hydrogen (secondary N) is 1. The molecule has 1 N–H and O–H groups in total. The van der Waals surface area contributed by atoms with Gasteiger partial charge in [0.2, 0.25) is 5.91 Å². The van der Waals surface area contributed by atoms with Crippen LogP contribution in [0.4, 0.5) is 10.1 Å². The number of rotatable bonds is 7. The molecule has 1 amide bonds. The number of hydrogen-bond donors (Lipinski definition) is 1. The molecule has 0 spiro atoms. The number of carbonyl (C=O) groups is 1. The van der Waals surface area contributed by atoms with Gasteiger partial charge >= 0.3 is 0 Å². The fourth-order valence-corrected chi connectivity index (χ4v) is 3.98. The van der Waals surface area contributed by atoms with Crippen LogP contribution >= 0.6 is 23.4 Å². The monoisotopic (exact) mass is 445 g/mol. The Kier molecular flexibility index (Phi) is 7.29. The lowest BCUT2D eigenvalue weighted by atomic mass is 10.0. The number of carbonyl (C=O) groups excluding carboxylic acids is 1. The summed E-state index contributed by atoms with van der Waals surface area (Å²) < 4.78 is 14.4. The normalized spacial score (nSPS) is 10.8. The number of thioether (sulfide) groups is 1. The lowest BCUT2D eigenvalue weighted by Crippen LogP contribution is -2.27. The van der Waals surface area contributed by atoms with Crippen LogP contribution < -0.4 is 10.9 Å². The molecule has 8 heteroatoms. The number of amides is 1. The molecule has 0 saturated heterocycles. The lowest BCUT2D eigenvalue weighted by Gasteiger charge is -2.13. The third kappa shape index (κ3) is 5.49. The minimum absolute atomic E-state index is 0.0778. The van der Waals surface area contributed by atoms with E-state index in [1.165, 1.54) is 40.6 Å². The molecule has 156 valence electrons. The van der Waals surface area contributed by atoms with Gasteiger partial charge in [-0.2, -0.15) is 0 Å². The van der Waals surface area contributed by atoms with Crippen LogP contribution in [0.15, 0.2) is 58.5 Å². The van der Waals surface area contributed by atoms with Gasteiger partial charge in [0.25, 0.3) is 5.56 Å². The van der Waals surface area contributed by atoms with E-state index in [0.29, 0.717) is 40.0 Å². The van der Waals surface area contributed by atoms with Gasteiger partial charge < -0.3 is 5.32 Å². The van der Waals surface area contributed by atoms with Gasteiger partial charge in [-0.05, 0) is 48.4 Å². The maximum Gasteiger partial charge on any atom is 0.257 e. The van der Waals surface area contributed by atoms with Crippen molar-refractivity contribution in [3.05, 3.63) is 86.5 Å². The van der Waals surface area contributed by atoms with Crippen molar-refractivity contribution >= 4 is 35.0 Å². The third-order valence-electron chi connectivity index (χ3n) is 4.49. The quantitative estimate of drug-likeness (QED) is 0.431. The van der Waals surface area contributed by atoms with E-state index in [0.717, 1.165) is 5.56 Å². The molecule has 1 heterocycles. The molecule has 0 bridgehead atoms. The number of anilines is 1. The summed E-state index contributed by atoms with van der Waals surface area (Å²) in [5.74, 6) is -0.553. The molecule has 1 aromatic heterocycles. The molecule has 30 heavy (non-hydrogen) atoms. The Morgan fingerprint density at radius 1 is 1.23 bits per heavy atom. The fraction of sp³-hybridized carbons (Fsp3) is 0.227. The highest BCUT2D eigenvalue weighted by molar-refractivity contribution is 7.99. The molecule has 3 aromatic rings. The van der Waals surface area contributed by atoms with Crippen LogP contribution in [0.25, 0.3) is 0 Å². The van der Waals surface area contributed by atoms with Crippen molar-refractivity contribution in [1.29, 1.82) is 0 Å². The summed E-state index contributed by atoms with van der Waals surface area (Å²) in [5, 5.41) is 3.79. The molecule has 0 radical (unpaired) electrons. The molecule has 5 nitrogen and oxygen atoms in total. The Hall–Kier alpha value is -2.64. The van der Waals surface area contributed by atoms with E-state index in [1.54, 1.807) is 13.1 Å². The van der Waals surface area contributed by atoms with Crippen molar-refractivity contribution < 1.29 is 9.18 Å². The van der Waals surface area contributed by atoms with Crippen molar-refractivity contribution in [1.82, 2.24) is 9.55 Å². The van der Waals surface area contributed by atoms with Gasteiger partial charge in [-0.25, -0.2) is 9.37 Å². The first-order valence-electron chi connectivity index (χ1n) is 9.38. The number of nitrogens with zero attached hydrogens (tertiary/aromatic N) is 2. The standard InChI is InChI=1S/C22H21ClFN3O2S/c1-3-19-18(12-14-5-4-6-15(23)11-14)21(29)27(2)22(26-19)30-13-20(28)25-17-9-7-16(24)8-10-17/h4-11H,3,12-13H2,1-2H3,(H,25,28). The molecule has 3 rings (SSSR count). The molecule has 0 aliphatic carbocycles.